The summed E-state index contributed by atoms with van der Waals surface area (Å²) in [5.74, 6) is 0.590. The third-order valence-electron chi connectivity index (χ3n) is 2.55. The quantitative estimate of drug-likeness (QED) is 0.752. The molecular formula is C14H21NO3. The summed E-state index contributed by atoms with van der Waals surface area (Å²) >= 11 is 0. The van der Waals surface area contributed by atoms with E-state index in [1.165, 1.54) is 7.11 Å². The van der Waals surface area contributed by atoms with Crippen LogP contribution in [0.2, 0.25) is 0 Å². The molecule has 0 aliphatic rings. The summed E-state index contributed by atoms with van der Waals surface area (Å²) in [5, 5.41) is 0. The highest BCUT2D eigenvalue weighted by Crippen LogP contribution is 2.14. The smallest absolute Gasteiger partial charge is 0.307 e. The van der Waals surface area contributed by atoms with Gasteiger partial charge in [0.2, 0.25) is 0 Å². The van der Waals surface area contributed by atoms with E-state index in [1.54, 1.807) is 0 Å². The standard InChI is InChI=1S/C14H21NO3/c1-3-8-18-13-6-4-11(5-7-13)9-12(15)10-14(16)17-2/h4-7,12H,3,8-10,15H2,1-2H3. The second-order valence-corrected chi connectivity index (χ2v) is 4.24. The molecule has 18 heavy (non-hydrogen) atoms. The monoisotopic (exact) mass is 251 g/mol. The molecule has 1 rings (SSSR count). The SMILES string of the molecule is CCCOc1ccc(CC(N)CC(=O)OC)cc1. The van der Waals surface area contributed by atoms with Gasteiger partial charge < -0.3 is 15.2 Å². The number of benzene rings is 1. The molecule has 4 heteroatoms. The van der Waals surface area contributed by atoms with Gasteiger partial charge in [-0.3, -0.25) is 4.79 Å². The Morgan fingerprint density at radius 2 is 2.00 bits per heavy atom. The lowest BCUT2D eigenvalue weighted by Gasteiger charge is -2.11. The lowest BCUT2D eigenvalue weighted by atomic mass is 10.0. The molecule has 100 valence electrons. The highest BCUT2D eigenvalue weighted by Gasteiger charge is 2.10. The normalized spacial score (nSPS) is 11.9. The second-order valence-electron chi connectivity index (χ2n) is 4.24. The van der Waals surface area contributed by atoms with E-state index in [2.05, 4.69) is 11.7 Å². The Balaban J connectivity index is 2.45. The molecule has 4 nitrogen and oxygen atoms in total. The predicted octanol–water partition coefficient (Wildman–Crippen LogP) is 1.91. The number of hydrogen-bond donors (Lipinski definition) is 1. The van der Waals surface area contributed by atoms with E-state index in [9.17, 15) is 4.79 Å². The maximum atomic E-state index is 11.1. The minimum absolute atomic E-state index is 0.208. The first kappa shape index (κ1) is 14.5. The fraction of sp³-hybridized carbons (Fsp3) is 0.500. The van der Waals surface area contributed by atoms with Crippen molar-refractivity contribution in [2.24, 2.45) is 5.73 Å². The summed E-state index contributed by atoms with van der Waals surface area (Å²) in [6, 6.07) is 7.59. The number of methoxy groups -OCH3 is 1. The summed E-state index contributed by atoms with van der Waals surface area (Å²) in [5.41, 5.74) is 6.96. The van der Waals surface area contributed by atoms with Gasteiger partial charge in [0, 0.05) is 6.04 Å². The molecule has 0 spiro atoms. The number of esters is 1. The Bertz CT molecular complexity index is 362. The Kier molecular flexibility index (Phi) is 6.22. The van der Waals surface area contributed by atoms with Crippen LogP contribution in [0.15, 0.2) is 24.3 Å². The van der Waals surface area contributed by atoms with E-state index < -0.39 is 0 Å². The van der Waals surface area contributed by atoms with Crippen molar-refractivity contribution in [1.82, 2.24) is 0 Å². The van der Waals surface area contributed by atoms with Gasteiger partial charge in [-0.25, -0.2) is 0 Å². The van der Waals surface area contributed by atoms with Crippen LogP contribution in [0.4, 0.5) is 0 Å². The molecule has 0 aromatic heterocycles. The van der Waals surface area contributed by atoms with Crippen molar-refractivity contribution in [3.8, 4) is 5.75 Å². The van der Waals surface area contributed by atoms with Crippen molar-refractivity contribution in [3.63, 3.8) is 0 Å². The molecule has 1 unspecified atom stereocenters. The largest absolute Gasteiger partial charge is 0.494 e. The van der Waals surface area contributed by atoms with E-state index in [0.717, 1.165) is 24.3 Å². The molecular weight excluding hydrogens is 230 g/mol. The molecule has 0 heterocycles. The first-order valence-electron chi connectivity index (χ1n) is 6.19. The molecule has 0 saturated heterocycles. The van der Waals surface area contributed by atoms with Gasteiger partial charge in [-0.2, -0.15) is 0 Å². The van der Waals surface area contributed by atoms with E-state index >= 15 is 0 Å². The molecule has 1 aromatic rings. The number of nitrogens with two attached hydrogens (primary N) is 1. The van der Waals surface area contributed by atoms with E-state index in [-0.39, 0.29) is 18.4 Å². The van der Waals surface area contributed by atoms with Crippen LogP contribution in [-0.2, 0) is 16.0 Å². The minimum Gasteiger partial charge on any atom is -0.494 e. The molecule has 2 N–H and O–H groups in total. The van der Waals surface area contributed by atoms with Crippen molar-refractivity contribution < 1.29 is 14.3 Å². The summed E-state index contributed by atoms with van der Waals surface area (Å²) in [7, 11) is 1.37. The molecule has 0 radical (unpaired) electrons. The highest BCUT2D eigenvalue weighted by molar-refractivity contribution is 5.69. The van der Waals surface area contributed by atoms with Crippen LogP contribution in [0.1, 0.15) is 25.3 Å². The average Bonchev–Trinajstić information content (AvgIpc) is 2.37. The highest BCUT2D eigenvalue weighted by atomic mass is 16.5. The van der Waals surface area contributed by atoms with Gasteiger partial charge in [0.05, 0.1) is 20.1 Å². The lowest BCUT2D eigenvalue weighted by Crippen LogP contribution is -2.26. The van der Waals surface area contributed by atoms with Gasteiger partial charge in [-0.05, 0) is 30.5 Å². The third kappa shape index (κ3) is 5.19. The number of carbonyl (C=O) groups is 1. The van der Waals surface area contributed by atoms with Gasteiger partial charge in [0.25, 0.3) is 0 Å². The van der Waals surface area contributed by atoms with Crippen molar-refractivity contribution in [2.75, 3.05) is 13.7 Å². The third-order valence-corrected chi connectivity index (χ3v) is 2.55. The van der Waals surface area contributed by atoms with Crippen LogP contribution in [-0.4, -0.2) is 25.7 Å². The van der Waals surface area contributed by atoms with E-state index in [0.29, 0.717) is 6.42 Å². The van der Waals surface area contributed by atoms with Crippen LogP contribution < -0.4 is 10.5 Å². The zero-order valence-electron chi connectivity index (χ0n) is 11.0. The predicted molar refractivity (Wildman–Crippen MR) is 70.5 cm³/mol. The topological polar surface area (TPSA) is 61.5 Å². The zero-order chi connectivity index (χ0) is 13.4. The van der Waals surface area contributed by atoms with Gasteiger partial charge in [0.15, 0.2) is 0 Å². The summed E-state index contributed by atoms with van der Waals surface area (Å²) < 4.78 is 10.1. The van der Waals surface area contributed by atoms with Crippen molar-refractivity contribution in [2.45, 2.75) is 32.2 Å². The summed E-state index contributed by atoms with van der Waals surface area (Å²) in [6.45, 7) is 2.79. The Labute approximate surface area is 108 Å². The van der Waals surface area contributed by atoms with Crippen LogP contribution >= 0.6 is 0 Å². The zero-order valence-corrected chi connectivity index (χ0v) is 11.0. The molecule has 1 atom stereocenters. The Morgan fingerprint density at radius 3 is 2.56 bits per heavy atom. The number of rotatable bonds is 7. The average molecular weight is 251 g/mol. The molecule has 0 amide bonds. The maximum Gasteiger partial charge on any atom is 0.307 e. The van der Waals surface area contributed by atoms with Crippen LogP contribution in [0.5, 0.6) is 5.75 Å². The molecule has 0 fully saturated rings. The van der Waals surface area contributed by atoms with Crippen molar-refractivity contribution >= 4 is 5.97 Å². The molecule has 1 aromatic carbocycles. The van der Waals surface area contributed by atoms with Crippen molar-refractivity contribution in [1.29, 1.82) is 0 Å². The van der Waals surface area contributed by atoms with E-state index in [4.69, 9.17) is 10.5 Å². The Hall–Kier alpha value is -1.55. The number of hydrogen-bond acceptors (Lipinski definition) is 4. The molecule has 0 aliphatic carbocycles. The fourth-order valence-electron chi connectivity index (χ4n) is 1.61. The summed E-state index contributed by atoms with van der Waals surface area (Å²) in [6.07, 6.45) is 1.89. The van der Waals surface area contributed by atoms with Crippen LogP contribution in [0.3, 0.4) is 0 Å². The van der Waals surface area contributed by atoms with E-state index in [1.807, 2.05) is 24.3 Å². The lowest BCUT2D eigenvalue weighted by molar-refractivity contribution is -0.140. The maximum absolute atomic E-state index is 11.1. The van der Waals surface area contributed by atoms with Gasteiger partial charge in [0.1, 0.15) is 5.75 Å². The molecule has 0 bridgehead atoms. The van der Waals surface area contributed by atoms with Gasteiger partial charge in [-0.15, -0.1) is 0 Å². The summed E-state index contributed by atoms with van der Waals surface area (Å²) in [4.78, 5) is 11.1. The van der Waals surface area contributed by atoms with Crippen molar-refractivity contribution in [3.05, 3.63) is 29.8 Å². The van der Waals surface area contributed by atoms with Gasteiger partial charge in [-0.1, -0.05) is 19.1 Å². The first-order chi connectivity index (χ1) is 8.65. The number of ether oxygens (including phenoxy) is 2. The fourth-order valence-corrected chi connectivity index (χ4v) is 1.61. The molecule has 0 saturated carbocycles. The van der Waals surface area contributed by atoms with Crippen LogP contribution in [0, 0.1) is 0 Å². The van der Waals surface area contributed by atoms with Crippen LogP contribution in [0.25, 0.3) is 0 Å². The Morgan fingerprint density at radius 1 is 1.33 bits per heavy atom. The minimum atomic E-state index is -0.273. The number of carbonyl (C=O) groups excluding carboxylic acids is 1. The second kappa shape index (κ2) is 7.71. The molecule has 0 aliphatic heterocycles. The van der Waals surface area contributed by atoms with Gasteiger partial charge >= 0.3 is 5.97 Å². The first-order valence-corrected chi connectivity index (χ1v) is 6.19.